The van der Waals surface area contributed by atoms with Gasteiger partial charge in [0.05, 0.1) is 0 Å². The number of aldehydes is 1. The summed E-state index contributed by atoms with van der Waals surface area (Å²) in [6.45, 7) is 0. The fourth-order valence-electron chi connectivity index (χ4n) is 0.615. The molecule has 0 saturated carbocycles. The van der Waals surface area contributed by atoms with Crippen molar-refractivity contribution in [3.63, 3.8) is 0 Å². The third kappa shape index (κ3) is 10.3. The smallest absolute Gasteiger partial charge is 0.466 e. The maximum Gasteiger partial charge on any atom is 0.466 e. The molecule has 8 N–H and O–H groups in total. The summed E-state index contributed by atoms with van der Waals surface area (Å²) < 4.78 is 8.88. The molecule has 11 nitrogen and oxygen atoms in total. The molecule has 0 unspecified atom stereocenters. The van der Waals surface area contributed by atoms with E-state index < -0.39 is 38.2 Å². The van der Waals surface area contributed by atoms with Gasteiger partial charge in [-0.2, -0.15) is 0 Å². The zero-order chi connectivity index (χ0) is 15.1. The summed E-state index contributed by atoms with van der Waals surface area (Å²) in [7, 11) is -4.64. The number of hydrogen-bond acceptors (Lipinski definition) is 7. The highest BCUT2D eigenvalue weighted by atomic mass is 31.2. The summed E-state index contributed by atoms with van der Waals surface area (Å²) in [5.41, 5.74) is 0. The average molecular weight is 292 g/mol. The molecule has 0 radical (unpaired) electrons. The molecule has 0 aliphatic carbocycles. The second kappa shape index (κ2) is 8.24. The molecule has 0 amide bonds. The number of phosphoric acid groups is 1. The molecule has 4 atom stereocenters. The van der Waals surface area contributed by atoms with Crippen LogP contribution in [0.5, 0.6) is 0 Å². The van der Waals surface area contributed by atoms with Gasteiger partial charge >= 0.3 is 13.8 Å². The zero-order valence-electron chi connectivity index (χ0n) is 8.64. The van der Waals surface area contributed by atoms with Crippen LogP contribution in [0.25, 0.3) is 0 Å². The van der Waals surface area contributed by atoms with Crippen LogP contribution in [0.4, 0.5) is 0 Å². The zero-order valence-corrected chi connectivity index (χ0v) is 9.53. The highest BCUT2D eigenvalue weighted by molar-refractivity contribution is 7.45. The van der Waals surface area contributed by atoms with E-state index in [0.29, 0.717) is 0 Å². The first-order valence-electron chi connectivity index (χ1n) is 4.10. The number of rotatable bonds is 5. The second-order valence-electron chi connectivity index (χ2n) is 2.90. The minimum Gasteiger partial charge on any atom is -0.479 e. The third-order valence-corrected chi connectivity index (χ3v) is 1.42. The Hall–Kier alpha value is -0.910. The minimum atomic E-state index is -4.64. The van der Waals surface area contributed by atoms with Gasteiger partial charge in [-0.3, -0.25) is 0 Å². The normalized spacial score (nSPS) is 17.7. The molecule has 0 heterocycles. The largest absolute Gasteiger partial charge is 0.479 e. The number of aliphatic carboxylic acids is 1. The fourth-order valence-corrected chi connectivity index (χ4v) is 0.615. The number of carboxylic acid groups (broad SMARTS) is 1. The molecular weight excluding hydrogens is 279 g/mol. The number of aliphatic hydroxyl groups is 4. The predicted octanol–water partition coefficient (Wildman–Crippen LogP) is -4.22. The summed E-state index contributed by atoms with van der Waals surface area (Å²) >= 11 is 0. The first kappa shape index (κ1) is 19.4. The molecule has 12 heteroatoms. The van der Waals surface area contributed by atoms with Crippen LogP contribution in [0, 0.1) is 0 Å². The Morgan fingerprint density at radius 3 is 1.56 bits per heavy atom. The SMILES string of the molecule is O=C[C@H](O)[C@@H](O)[C@H](O)[C@H](O)C(=O)O.O=P(O)(O)O. The molecule has 0 bridgehead atoms. The average Bonchev–Trinajstić information content (AvgIpc) is 2.22. The molecule has 0 aromatic heterocycles. The lowest BCUT2D eigenvalue weighted by Crippen LogP contribution is -2.48. The molecule has 0 aliphatic rings. The van der Waals surface area contributed by atoms with Crippen molar-refractivity contribution in [3.8, 4) is 0 Å². The highest BCUT2D eigenvalue weighted by Crippen LogP contribution is 2.25. The van der Waals surface area contributed by atoms with Gasteiger partial charge in [-0.05, 0) is 0 Å². The first-order chi connectivity index (χ1) is 7.91. The topological polar surface area (TPSA) is 213 Å². The number of hydrogen-bond donors (Lipinski definition) is 8. The van der Waals surface area contributed by atoms with Gasteiger partial charge in [0.2, 0.25) is 0 Å². The lowest BCUT2D eigenvalue weighted by Gasteiger charge is -2.21. The Morgan fingerprint density at radius 2 is 1.33 bits per heavy atom. The Bertz CT molecular complexity index is 302. The van der Waals surface area contributed by atoms with Crippen LogP contribution in [0.2, 0.25) is 0 Å². The summed E-state index contributed by atoms with van der Waals surface area (Å²) in [6, 6.07) is 0. The standard InChI is InChI=1S/C6H10O7.H3O4P/c7-1-2(8)3(9)4(10)5(11)6(12)13;1-5(2,3)4/h1-5,8-11H,(H,12,13);(H3,1,2,3,4)/t2-,3+,4-,5-;/m0./s1. The van der Waals surface area contributed by atoms with Crippen LogP contribution in [-0.4, -0.2) is 76.9 Å². The predicted molar refractivity (Wildman–Crippen MR) is 52.0 cm³/mol. The van der Waals surface area contributed by atoms with Gasteiger partial charge in [0, 0.05) is 0 Å². The van der Waals surface area contributed by atoms with Gasteiger partial charge < -0.3 is 45.0 Å². The van der Waals surface area contributed by atoms with E-state index in [1.54, 1.807) is 0 Å². The molecule has 0 aliphatic heterocycles. The van der Waals surface area contributed by atoms with Gasteiger partial charge in [0.1, 0.15) is 18.3 Å². The minimum absolute atomic E-state index is 0.0809. The van der Waals surface area contributed by atoms with Crippen molar-refractivity contribution in [2.24, 2.45) is 0 Å². The van der Waals surface area contributed by atoms with Gasteiger partial charge in [-0.25, -0.2) is 9.36 Å². The molecule has 0 saturated heterocycles. The van der Waals surface area contributed by atoms with Gasteiger partial charge in [0.25, 0.3) is 0 Å². The molecule has 0 aromatic carbocycles. The summed E-state index contributed by atoms with van der Waals surface area (Å²) in [6.07, 6.45) is -8.39. The van der Waals surface area contributed by atoms with Crippen molar-refractivity contribution in [2.45, 2.75) is 24.4 Å². The summed E-state index contributed by atoms with van der Waals surface area (Å²) in [5.74, 6) is -1.76. The van der Waals surface area contributed by atoms with Crippen molar-refractivity contribution >= 4 is 20.1 Å². The maximum atomic E-state index is 10.1. The van der Waals surface area contributed by atoms with E-state index in [0.717, 1.165) is 0 Å². The Morgan fingerprint density at radius 1 is 1.00 bits per heavy atom. The monoisotopic (exact) mass is 292 g/mol. The van der Waals surface area contributed by atoms with Gasteiger partial charge in [-0.15, -0.1) is 0 Å². The van der Waals surface area contributed by atoms with Crippen LogP contribution in [-0.2, 0) is 14.2 Å². The Kier molecular flexibility index (Phi) is 8.89. The van der Waals surface area contributed by atoms with Crippen LogP contribution < -0.4 is 0 Å². The molecule has 0 rings (SSSR count). The lowest BCUT2D eigenvalue weighted by atomic mass is 10.0. The molecule has 0 aromatic rings. The van der Waals surface area contributed by atoms with E-state index in [9.17, 15) is 9.59 Å². The van der Waals surface area contributed by atoms with Crippen molar-refractivity contribution in [1.82, 2.24) is 0 Å². The van der Waals surface area contributed by atoms with E-state index in [2.05, 4.69) is 0 Å². The van der Waals surface area contributed by atoms with Crippen LogP contribution >= 0.6 is 7.82 Å². The van der Waals surface area contributed by atoms with E-state index in [1.165, 1.54) is 0 Å². The van der Waals surface area contributed by atoms with Gasteiger partial charge in [0.15, 0.2) is 12.4 Å². The van der Waals surface area contributed by atoms with Crippen LogP contribution in [0.1, 0.15) is 0 Å². The van der Waals surface area contributed by atoms with Gasteiger partial charge in [-0.1, -0.05) is 0 Å². The summed E-state index contributed by atoms with van der Waals surface area (Å²) in [4.78, 5) is 41.5. The first-order valence-corrected chi connectivity index (χ1v) is 5.67. The van der Waals surface area contributed by atoms with E-state index in [1.807, 2.05) is 0 Å². The quantitative estimate of drug-likeness (QED) is 0.179. The van der Waals surface area contributed by atoms with E-state index in [-0.39, 0.29) is 6.29 Å². The van der Waals surface area contributed by atoms with Crippen LogP contribution in [0.15, 0.2) is 0 Å². The molecule has 0 fully saturated rings. The van der Waals surface area contributed by atoms with Crippen molar-refractivity contribution < 1.29 is 54.4 Å². The number of carbonyl (C=O) groups is 2. The number of carbonyl (C=O) groups excluding carboxylic acids is 1. The van der Waals surface area contributed by atoms with Crippen molar-refractivity contribution in [1.29, 1.82) is 0 Å². The number of carboxylic acids is 1. The summed E-state index contributed by atoms with van der Waals surface area (Å²) in [5, 5.41) is 43.2. The molecule has 18 heavy (non-hydrogen) atoms. The molecule has 0 spiro atoms. The van der Waals surface area contributed by atoms with Crippen molar-refractivity contribution in [3.05, 3.63) is 0 Å². The molecule has 108 valence electrons. The second-order valence-corrected chi connectivity index (χ2v) is 3.93. The van der Waals surface area contributed by atoms with E-state index in [4.69, 9.17) is 44.8 Å². The number of aliphatic hydroxyl groups excluding tert-OH is 4. The Balaban J connectivity index is 0. The lowest BCUT2D eigenvalue weighted by molar-refractivity contribution is -0.163. The van der Waals surface area contributed by atoms with Crippen LogP contribution in [0.3, 0.4) is 0 Å². The third-order valence-electron chi connectivity index (χ3n) is 1.42. The van der Waals surface area contributed by atoms with Crippen molar-refractivity contribution in [2.75, 3.05) is 0 Å². The maximum absolute atomic E-state index is 10.1. The van der Waals surface area contributed by atoms with E-state index >= 15 is 0 Å². The Labute approximate surface area is 99.8 Å². The molecular formula is C6H13O11P. The highest BCUT2D eigenvalue weighted by Gasteiger charge is 2.33. The fraction of sp³-hybridized carbons (Fsp3) is 0.667.